The highest BCUT2D eigenvalue weighted by molar-refractivity contribution is 5.90. The van der Waals surface area contributed by atoms with E-state index >= 15 is 0 Å². The number of rotatable bonds is 2. The van der Waals surface area contributed by atoms with E-state index < -0.39 is 0 Å². The van der Waals surface area contributed by atoms with Crippen molar-refractivity contribution in [3.63, 3.8) is 0 Å². The second-order valence-corrected chi connectivity index (χ2v) is 5.57. The number of fused-ring (bicyclic) bond motifs is 2. The molecule has 0 aromatic heterocycles. The van der Waals surface area contributed by atoms with Crippen molar-refractivity contribution in [3.05, 3.63) is 29.8 Å². The first-order chi connectivity index (χ1) is 9.26. The molecule has 2 aliphatic heterocycles. The number of carbonyl (C=O) groups excluding carboxylic acids is 1. The number of nitrogens with one attached hydrogen (secondary N) is 1. The molecule has 2 fully saturated rings. The summed E-state index contributed by atoms with van der Waals surface area (Å²) in [4.78, 5) is 14.0. The third-order valence-electron chi connectivity index (χ3n) is 4.12. The van der Waals surface area contributed by atoms with Crippen molar-refractivity contribution in [1.29, 1.82) is 0 Å². The van der Waals surface area contributed by atoms with Crippen LogP contribution in [0.2, 0.25) is 0 Å². The maximum absolute atomic E-state index is 11.6. The fourth-order valence-electron chi connectivity index (χ4n) is 3.26. The summed E-state index contributed by atoms with van der Waals surface area (Å²) in [6.07, 6.45) is 1.33. The van der Waals surface area contributed by atoms with Gasteiger partial charge in [0.2, 0.25) is 0 Å². The molecule has 0 aliphatic carbocycles. The molecule has 4 heteroatoms. The first-order valence-corrected chi connectivity index (χ1v) is 6.90. The molecule has 1 aromatic rings. The standard InChI is InChI=1S/C15H20N2O2/c1-19-15(18)13-3-2-4-14(6-13)17-9-11-5-12(10-17)8-16-7-11/h2-4,6,11-12,16H,5,7-10H2,1H3. The number of carbonyl (C=O) groups is 1. The lowest BCUT2D eigenvalue weighted by Gasteiger charge is -2.42. The Bertz CT molecular complexity index is 463. The van der Waals surface area contributed by atoms with Crippen molar-refractivity contribution >= 4 is 11.7 Å². The molecule has 0 saturated carbocycles. The number of piperidine rings is 2. The van der Waals surface area contributed by atoms with Gasteiger partial charge >= 0.3 is 5.97 Å². The zero-order chi connectivity index (χ0) is 13.2. The Labute approximate surface area is 113 Å². The van der Waals surface area contributed by atoms with E-state index in [0.717, 1.165) is 43.7 Å². The van der Waals surface area contributed by atoms with Gasteiger partial charge in [0, 0.05) is 18.8 Å². The third-order valence-corrected chi connectivity index (χ3v) is 4.12. The molecule has 3 rings (SSSR count). The second-order valence-electron chi connectivity index (χ2n) is 5.57. The third kappa shape index (κ3) is 2.59. The van der Waals surface area contributed by atoms with Gasteiger partial charge in [-0.15, -0.1) is 0 Å². The molecular weight excluding hydrogens is 240 g/mol. The SMILES string of the molecule is COC(=O)c1cccc(N2CC3CNCC(C3)C2)c1. The highest BCUT2D eigenvalue weighted by Gasteiger charge is 2.30. The van der Waals surface area contributed by atoms with E-state index in [-0.39, 0.29) is 5.97 Å². The van der Waals surface area contributed by atoms with Crippen molar-refractivity contribution < 1.29 is 9.53 Å². The van der Waals surface area contributed by atoms with Gasteiger partial charge in [0.25, 0.3) is 0 Å². The van der Waals surface area contributed by atoms with Gasteiger partial charge in [0.15, 0.2) is 0 Å². The zero-order valence-electron chi connectivity index (χ0n) is 11.3. The highest BCUT2D eigenvalue weighted by atomic mass is 16.5. The number of ether oxygens (including phenoxy) is 1. The Balaban J connectivity index is 1.80. The lowest BCUT2D eigenvalue weighted by atomic mass is 9.85. The fraction of sp³-hybridized carbons (Fsp3) is 0.533. The van der Waals surface area contributed by atoms with E-state index in [9.17, 15) is 4.79 Å². The summed E-state index contributed by atoms with van der Waals surface area (Å²) in [7, 11) is 1.42. The van der Waals surface area contributed by atoms with Crippen molar-refractivity contribution in [3.8, 4) is 0 Å². The molecule has 19 heavy (non-hydrogen) atoms. The second kappa shape index (κ2) is 5.21. The van der Waals surface area contributed by atoms with Crippen LogP contribution in [0.15, 0.2) is 24.3 Å². The maximum Gasteiger partial charge on any atom is 0.337 e. The summed E-state index contributed by atoms with van der Waals surface area (Å²) in [6, 6.07) is 7.77. The smallest absolute Gasteiger partial charge is 0.337 e. The van der Waals surface area contributed by atoms with Gasteiger partial charge in [0.05, 0.1) is 12.7 Å². The van der Waals surface area contributed by atoms with E-state index in [1.807, 2.05) is 18.2 Å². The molecule has 4 nitrogen and oxygen atoms in total. The number of anilines is 1. The van der Waals surface area contributed by atoms with E-state index in [1.54, 1.807) is 0 Å². The van der Waals surface area contributed by atoms with Crippen molar-refractivity contribution in [1.82, 2.24) is 5.32 Å². The molecule has 2 atom stereocenters. The molecule has 2 aliphatic rings. The predicted molar refractivity (Wildman–Crippen MR) is 74.5 cm³/mol. The summed E-state index contributed by atoms with van der Waals surface area (Å²) in [5, 5.41) is 3.50. The molecular formula is C15H20N2O2. The minimum atomic E-state index is -0.263. The molecule has 2 bridgehead atoms. The summed E-state index contributed by atoms with van der Waals surface area (Å²) in [6.45, 7) is 4.38. The minimum absolute atomic E-state index is 0.263. The minimum Gasteiger partial charge on any atom is -0.465 e. The predicted octanol–water partition coefficient (Wildman–Crippen LogP) is 1.52. The largest absolute Gasteiger partial charge is 0.465 e. The van der Waals surface area contributed by atoms with Crippen LogP contribution in [0.5, 0.6) is 0 Å². The van der Waals surface area contributed by atoms with Gasteiger partial charge in [-0.3, -0.25) is 0 Å². The number of hydrogen-bond acceptors (Lipinski definition) is 4. The van der Waals surface area contributed by atoms with E-state index in [1.165, 1.54) is 13.5 Å². The van der Waals surface area contributed by atoms with Gasteiger partial charge < -0.3 is 15.0 Å². The first-order valence-electron chi connectivity index (χ1n) is 6.90. The lowest BCUT2D eigenvalue weighted by molar-refractivity contribution is 0.0601. The molecule has 0 amide bonds. The molecule has 1 aromatic carbocycles. The Morgan fingerprint density at radius 2 is 2.05 bits per heavy atom. The molecule has 2 unspecified atom stereocenters. The Morgan fingerprint density at radius 3 is 2.74 bits per heavy atom. The summed E-state index contributed by atoms with van der Waals surface area (Å²) < 4.78 is 4.79. The number of methoxy groups -OCH3 is 1. The monoisotopic (exact) mass is 260 g/mol. The molecule has 0 spiro atoms. The van der Waals surface area contributed by atoms with Gasteiger partial charge in [-0.1, -0.05) is 6.07 Å². The van der Waals surface area contributed by atoms with Gasteiger partial charge in [0.1, 0.15) is 0 Å². The van der Waals surface area contributed by atoms with E-state index in [0.29, 0.717) is 5.56 Å². The molecule has 2 heterocycles. The van der Waals surface area contributed by atoms with Crippen LogP contribution in [0.25, 0.3) is 0 Å². The number of benzene rings is 1. The van der Waals surface area contributed by atoms with Crippen LogP contribution in [-0.2, 0) is 4.74 Å². The Morgan fingerprint density at radius 1 is 1.32 bits per heavy atom. The van der Waals surface area contributed by atoms with E-state index in [2.05, 4.69) is 16.3 Å². The number of esters is 1. The summed E-state index contributed by atoms with van der Waals surface area (Å²) >= 11 is 0. The molecule has 0 radical (unpaired) electrons. The normalized spacial score (nSPS) is 26.1. The van der Waals surface area contributed by atoms with E-state index in [4.69, 9.17) is 4.74 Å². The fourth-order valence-corrected chi connectivity index (χ4v) is 3.26. The molecule has 2 saturated heterocycles. The number of hydrogen-bond donors (Lipinski definition) is 1. The van der Waals surface area contributed by atoms with Gasteiger partial charge in [-0.25, -0.2) is 4.79 Å². The molecule has 102 valence electrons. The number of nitrogens with zero attached hydrogens (tertiary/aromatic N) is 1. The van der Waals surface area contributed by atoms with Crippen LogP contribution in [0.1, 0.15) is 16.8 Å². The van der Waals surface area contributed by atoms with Crippen molar-refractivity contribution in [2.75, 3.05) is 38.2 Å². The van der Waals surface area contributed by atoms with Crippen LogP contribution in [0.3, 0.4) is 0 Å². The maximum atomic E-state index is 11.6. The first kappa shape index (κ1) is 12.5. The van der Waals surface area contributed by atoms with Crippen molar-refractivity contribution in [2.24, 2.45) is 11.8 Å². The lowest BCUT2D eigenvalue weighted by Crippen LogP contribution is -2.51. The average Bonchev–Trinajstić information content (AvgIpc) is 2.46. The molecule has 1 N–H and O–H groups in total. The van der Waals surface area contributed by atoms with Crippen LogP contribution in [0.4, 0.5) is 5.69 Å². The van der Waals surface area contributed by atoms with Crippen LogP contribution < -0.4 is 10.2 Å². The average molecular weight is 260 g/mol. The topological polar surface area (TPSA) is 41.6 Å². The van der Waals surface area contributed by atoms with Crippen LogP contribution in [0, 0.1) is 11.8 Å². The Hall–Kier alpha value is -1.55. The van der Waals surface area contributed by atoms with Crippen molar-refractivity contribution in [2.45, 2.75) is 6.42 Å². The van der Waals surface area contributed by atoms with Crippen LogP contribution in [-0.4, -0.2) is 39.3 Å². The summed E-state index contributed by atoms with van der Waals surface area (Å²) in [5.74, 6) is 1.20. The quantitative estimate of drug-likeness (QED) is 0.819. The van der Waals surface area contributed by atoms with Crippen LogP contribution >= 0.6 is 0 Å². The van der Waals surface area contributed by atoms with Gasteiger partial charge in [-0.05, 0) is 49.5 Å². The Kier molecular flexibility index (Phi) is 3.42. The summed E-state index contributed by atoms with van der Waals surface area (Å²) in [5.41, 5.74) is 1.77. The highest BCUT2D eigenvalue weighted by Crippen LogP contribution is 2.29. The van der Waals surface area contributed by atoms with Gasteiger partial charge in [-0.2, -0.15) is 0 Å². The zero-order valence-corrected chi connectivity index (χ0v) is 11.3.